The van der Waals surface area contributed by atoms with Crippen LogP contribution in [-0.4, -0.2) is 37.9 Å². The highest BCUT2D eigenvalue weighted by atomic mass is 16.6. The molecule has 8 N–H and O–H groups in total. The van der Waals surface area contributed by atoms with Crippen LogP contribution in [0.15, 0.2) is 0 Å². The molecule has 0 aliphatic heterocycles. The van der Waals surface area contributed by atoms with Gasteiger partial charge in [0.05, 0.1) is 14.2 Å². The van der Waals surface area contributed by atoms with Crippen molar-refractivity contribution in [2.75, 3.05) is 14.2 Å². The van der Waals surface area contributed by atoms with Crippen LogP contribution in [-0.2, 0) is 23.8 Å². The lowest BCUT2D eigenvalue weighted by atomic mass is 10.4. The van der Waals surface area contributed by atoms with E-state index in [0.717, 1.165) is 14.2 Å². The third-order valence-corrected chi connectivity index (χ3v) is 1.35. The SMILES string of the molecule is COC(=O)C(N)(N)OC(N)(N)C(=O)OC. The molecule has 0 radical (unpaired) electrons. The number of rotatable bonds is 4. The molecule has 0 bridgehead atoms. The van der Waals surface area contributed by atoms with Gasteiger partial charge in [-0.3, -0.25) is 27.7 Å². The van der Waals surface area contributed by atoms with E-state index in [9.17, 15) is 9.59 Å². The molecule has 88 valence electrons. The first-order chi connectivity index (χ1) is 6.67. The second kappa shape index (κ2) is 4.51. The zero-order valence-corrected chi connectivity index (χ0v) is 8.35. The molecule has 0 saturated heterocycles. The van der Waals surface area contributed by atoms with Gasteiger partial charge in [-0.2, -0.15) is 0 Å². The molecule has 0 heterocycles. The fourth-order valence-corrected chi connectivity index (χ4v) is 0.682. The van der Waals surface area contributed by atoms with Crippen molar-refractivity contribution in [2.45, 2.75) is 11.7 Å². The van der Waals surface area contributed by atoms with Gasteiger partial charge in [-0.1, -0.05) is 0 Å². The van der Waals surface area contributed by atoms with Crippen LogP contribution >= 0.6 is 0 Å². The summed E-state index contributed by atoms with van der Waals surface area (Å²) in [7, 11) is 2.04. The van der Waals surface area contributed by atoms with E-state index >= 15 is 0 Å². The normalized spacial score (nSPS) is 12.1. The lowest BCUT2D eigenvalue weighted by Gasteiger charge is -2.30. The first kappa shape index (κ1) is 13.7. The highest BCUT2D eigenvalue weighted by Crippen LogP contribution is 2.06. The van der Waals surface area contributed by atoms with Crippen molar-refractivity contribution >= 4 is 11.9 Å². The molecule has 0 aromatic rings. The highest BCUT2D eigenvalue weighted by Gasteiger charge is 2.44. The molecular weight excluding hydrogens is 208 g/mol. The Labute approximate surface area is 85.6 Å². The summed E-state index contributed by atoms with van der Waals surface area (Å²) in [5.74, 6) is -7.17. The van der Waals surface area contributed by atoms with Crippen LogP contribution in [0.2, 0.25) is 0 Å². The summed E-state index contributed by atoms with van der Waals surface area (Å²) in [5.41, 5.74) is 20.7. The van der Waals surface area contributed by atoms with Crippen LogP contribution in [0.4, 0.5) is 0 Å². The highest BCUT2D eigenvalue weighted by molar-refractivity contribution is 5.81. The van der Waals surface area contributed by atoms with Crippen molar-refractivity contribution in [2.24, 2.45) is 22.9 Å². The maximum absolute atomic E-state index is 11.0. The standard InChI is InChI=1S/C6H14N4O5/c1-13-3(11)5(7,8)15-6(9,10)4(12)14-2/h7-10H2,1-2H3. The first-order valence-corrected chi connectivity index (χ1v) is 3.70. The molecule has 0 spiro atoms. The van der Waals surface area contributed by atoms with Crippen LogP contribution < -0.4 is 22.9 Å². The van der Waals surface area contributed by atoms with Gasteiger partial charge < -0.3 is 9.47 Å². The molecule has 0 fully saturated rings. The molecular formula is C6H14N4O5. The number of esters is 2. The number of hydrogen-bond donors (Lipinski definition) is 4. The molecule has 0 aromatic carbocycles. The largest absolute Gasteiger partial charge is 0.465 e. The lowest BCUT2D eigenvalue weighted by molar-refractivity contribution is -0.205. The fourth-order valence-electron chi connectivity index (χ4n) is 0.682. The molecule has 15 heavy (non-hydrogen) atoms. The molecule has 0 rings (SSSR count). The predicted octanol–water partition coefficient (Wildman–Crippen LogP) is -3.51. The maximum Gasteiger partial charge on any atom is 0.369 e. The number of nitrogens with two attached hydrogens (primary N) is 4. The van der Waals surface area contributed by atoms with Crippen molar-refractivity contribution in [3.63, 3.8) is 0 Å². The molecule has 0 unspecified atom stereocenters. The number of ether oxygens (including phenoxy) is 3. The molecule has 0 atom stereocenters. The van der Waals surface area contributed by atoms with Crippen molar-refractivity contribution in [3.8, 4) is 0 Å². The third-order valence-electron chi connectivity index (χ3n) is 1.35. The summed E-state index contributed by atoms with van der Waals surface area (Å²) < 4.78 is 12.9. The Morgan fingerprint density at radius 2 is 1.13 bits per heavy atom. The number of hydrogen-bond acceptors (Lipinski definition) is 9. The second-order valence-electron chi connectivity index (χ2n) is 2.67. The molecule has 0 aliphatic rings. The van der Waals surface area contributed by atoms with Crippen LogP contribution in [0.3, 0.4) is 0 Å². The van der Waals surface area contributed by atoms with Gasteiger partial charge in [0.25, 0.3) is 11.7 Å². The maximum atomic E-state index is 11.0. The van der Waals surface area contributed by atoms with Crippen molar-refractivity contribution < 1.29 is 23.8 Å². The molecule has 0 saturated carbocycles. The summed E-state index contributed by atoms with van der Waals surface area (Å²) in [6.45, 7) is 0. The first-order valence-electron chi connectivity index (χ1n) is 3.70. The van der Waals surface area contributed by atoms with Crippen LogP contribution in [0.5, 0.6) is 0 Å². The molecule has 0 aromatic heterocycles. The molecule has 0 aliphatic carbocycles. The van der Waals surface area contributed by atoms with Gasteiger partial charge in [-0.05, 0) is 0 Å². The van der Waals surface area contributed by atoms with E-state index in [4.69, 9.17) is 22.9 Å². The van der Waals surface area contributed by atoms with Gasteiger partial charge in [-0.25, -0.2) is 9.59 Å². The van der Waals surface area contributed by atoms with E-state index in [2.05, 4.69) is 14.2 Å². The number of carbonyl (C=O) groups excluding carboxylic acids is 2. The smallest absolute Gasteiger partial charge is 0.369 e. The van der Waals surface area contributed by atoms with Crippen molar-refractivity contribution in [1.82, 2.24) is 0 Å². The van der Waals surface area contributed by atoms with Crippen LogP contribution in [0.1, 0.15) is 0 Å². The van der Waals surface area contributed by atoms with E-state index in [1.54, 1.807) is 0 Å². The summed E-state index contributed by atoms with van der Waals surface area (Å²) in [6, 6.07) is 0. The van der Waals surface area contributed by atoms with Crippen molar-refractivity contribution in [1.29, 1.82) is 0 Å². The van der Waals surface area contributed by atoms with E-state index in [0.29, 0.717) is 0 Å². The van der Waals surface area contributed by atoms with Gasteiger partial charge in [-0.15, -0.1) is 0 Å². The topological polar surface area (TPSA) is 166 Å². The number of methoxy groups -OCH3 is 2. The molecule has 9 nitrogen and oxygen atoms in total. The Morgan fingerprint density at radius 3 is 1.33 bits per heavy atom. The Kier molecular flexibility index (Phi) is 4.13. The molecule has 0 amide bonds. The lowest BCUT2D eigenvalue weighted by Crippen LogP contribution is -2.71. The van der Waals surface area contributed by atoms with E-state index in [1.807, 2.05) is 0 Å². The quantitative estimate of drug-likeness (QED) is 0.278. The number of carbonyl (C=O) groups is 2. The minimum atomic E-state index is -2.44. The fraction of sp³-hybridized carbons (Fsp3) is 0.667. The Bertz CT molecular complexity index is 238. The van der Waals surface area contributed by atoms with Gasteiger partial charge in [0.1, 0.15) is 0 Å². The van der Waals surface area contributed by atoms with Crippen LogP contribution in [0.25, 0.3) is 0 Å². The summed E-state index contributed by atoms with van der Waals surface area (Å²) in [5, 5.41) is 0. The van der Waals surface area contributed by atoms with E-state index in [-0.39, 0.29) is 0 Å². The Balaban J connectivity index is 4.71. The van der Waals surface area contributed by atoms with Gasteiger partial charge in [0, 0.05) is 0 Å². The molecule has 9 heteroatoms. The van der Waals surface area contributed by atoms with Gasteiger partial charge in [0.15, 0.2) is 0 Å². The van der Waals surface area contributed by atoms with E-state index < -0.39 is 23.6 Å². The minimum absolute atomic E-state index is 1.02. The van der Waals surface area contributed by atoms with E-state index in [1.165, 1.54) is 0 Å². The zero-order valence-electron chi connectivity index (χ0n) is 8.35. The monoisotopic (exact) mass is 222 g/mol. The summed E-state index contributed by atoms with van der Waals surface area (Å²) >= 11 is 0. The predicted molar refractivity (Wildman–Crippen MR) is 47.3 cm³/mol. The zero-order chi connectivity index (χ0) is 12.3. The Hall–Kier alpha value is -1.26. The average Bonchev–Trinajstić information content (AvgIpc) is 2.13. The summed E-state index contributed by atoms with van der Waals surface area (Å²) in [6.07, 6.45) is 0. The van der Waals surface area contributed by atoms with Crippen molar-refractivity contribution in [3.05, 3.63) is 0 Å². The van der Waals surface area contributed by atoms with Crippen LogP contribution in [0, 0.1) is 0 Å². The summed E-state index contributed by atoms with van der Waals surface area (Å²) in [4.78, 5) is 21.9. The Morgan fingerprint density at radius 1 is 0.867 bits per heavy atom. The average molecular weight is 222 g/mol. The third kappa shape index (κ3) is 3.42. The minimum Gasteiger partial charge on any atom is -0.465 e. The second-order valence-corrected chi connectivity index (χ2v) is 2.67. The van der Waals surface area contributed by atoms with Gasteiger partial charge >= 0.3 is 11.9 Å². The van der Waals surface area contributed by atoms with Gasteiger partial charge in [0.2, 0.25) is 0 Å².